The molecule has 1 amide bonds. The smallest absolute Gasteiger partial charge is 0.244 e. The highest BCUT2D eigenvalue weighted by Crippen LogP contribution is 2.28. The summed E-state index contributed by atoms with van der Waals surface area (Å²) in [7, 11) is -3.63. The lowest BCUT2D eigenvalue weighted by Crippen LogP contribution is -2.55. The van der Waals surface area contributed by atoms with E-state index in [9.17, 15) is 13.2 Å². The third kappa shape index (κ3) is 4.36. The molecule has 25 heavy (non-hydrogen) atoms. The van der Waals surface area contributed by atoms with Gasteiger partial charge in [-0.1, -0.05) is 27.5 Å². The van der Waals surface area contributed by atoms with Gasteiger partial charge in [0.05, 0.1) is 11.1 Å². The molecule has 1 atom stereocenters. The minimum absolute atomic E-state index is 0.0229. The van der Waals surface area contributed by atoms with Crippen molar-refractivity contribution in [1.82, 2.24) is 14.5 Å². The number of hydrogen-bond donors (Lipinski definition) is 1. The summed E-state index contributed by atoms with van der Waals surface area (Å²) < 4.78 is 27.8. The SMILES string of the molecule is CC(C(=O)NC1CC1)N1CCN(S(=O)(=O)c2ccc(Br)cc2Cl)CC1. The number of nitrogens with one attached hydrogen (secondary N) is 1. The maximum Gasteiger partial charge on any atom is 0.244 e. The second-order valence-corrected chi connectivity index (χ2v) is 9.70. The summed E-state index contributed by atoms with van der Waals surface area (Å²) in [5.74, 6) is 0.0229. The average Bonchev–Trinajstić information content (AvgIpc) is 3.38. The summed E-state index contributed by atoms with van der Waals surface area (Å²) in [4.78, 5) is 14.3. The Hall–Kier alpha value is -0.670. The summed E-state index contributed by atoms with van der Waals surface area (Å²) in [5, 5.41) is 3.20. The molecule has 1 saturated carbocycles. The predicted molar refractivity (Wildman–Crippen MR) is 100 cm³/mol. The summed E-state index contributed by atoms with van der Waals surface area (Å²) >= 11 is 9.39. The zero-order valence-corrected chi connectivity index (χ0v) is 17.1. The van der Waals surface area contributed by atoms with Crippen molar-refractivity contribution in [2.45, 2.75) is 36.7 Å². The molecule has 1 unspecified atom stereocenters. The molecular weight excluding hydrogens is 430 g/mol. The number of rotatable bonds is 5. The van der Waals surface area contributed by atoms with Crippen LogP contribution >= 0.6 is 27.5 Å². The molecule has 6 nitrogen and oxygen atoms in total. The minimum Gasteiger partial charge on any atom is -0.352 e. The summed E-state index contributed by atoms with van der Waals surface area (Å²) in [5.41, 5.74) is 0. The van der Waals surface area contributed by atoms with E-state index >= 15 is 0 Å². The fraction of sp³-hybridized carbons (Fsp3) is 0.562. The van der Waals surface area contributed by atoms with Crippen LogP contribution in [0.5, 0.6) is 0 Å². The van der Waals surface area contributed by atoms with Gasteiger partial charge in [0, 0.05) is 36.7 Å². The second kappa shape index (κ2) is 7.52. The molecule has 1 aliphatic carbocycles. The van der Waals surface area contributed by atoms with Gasteiger partial charge in [-0.2, -0.15) is 4.31 Å². The zero-order chi connectivity index (χ0) is 18.2. The van der Waals surface area contributed by atoms with Gasteiger partial charge >= 0.3 is 0 Å². The first-order chi connectivity index (χ1) is 11.8. The number of sulfonamides is 1. The van der Waals surface area contributed by atoms with Gasteiger partial charge in [-0.15, -0.1) is 0 Å². The number of carbonyl (C=O) groups is 1. The Kier molecular flexibility index (Phi) is 5.75. The molecule has 1 aromatic carbocycles. The van der Waals surface area contributed by atoms with Crippen molar-refractivity contribution in [2.75, 3.05) is 26.2 Å². The van der Waals surface area contributed by atoms with Crippen molar-refractivity contribution in [3.63, 3.8) is 0 Å². The van der Waals surface area contributed by atoms with Crippen molar-refractivity contribution in [3.8, 4) is 0 Å². The largest absolute Gasteiger partial charge is 0.352 e. The monoisotopic (exact) mass is 449 g/mol. The fourth-order valence-electron chi connectivity index (χ4n) is 2.87. The van der Waals surface area contributed by atoms with Gasteiger partial charge in [-0.05, 0) is 38.0 Å². The maximum atomic E-state index is 12.8. The first-order valence-corrected chi connectivity index (χ1v) is 10.9. The molecule has 3 rings (SSSR count). The highest BCUT2D eigenvalue weighted by molar-refractivity contribution is 9.10. The van der Waals surface area contributed by atoms with Crippen LogP contribution < -0.4 is 5.32 Å². The molecular formula is C16H21BrClN3O3S. The summed E-state index contributed by atoms with van der Waals surface area (Å²) in [6, 6.07) is 4.84. The second-order valence-electron chi connectivity index (χ2n) is 6.47. The topological polar surface area (TPSA) is 69.7 Å². The Balaban J connectivity index is 1.63. The molecule has 9 heteroatoms. The Labute approximate surface area is 161 Å². The molecule has 0 spiro atoms. The third-order valence-corrected chi connectivity index (χ3v) is 7.51. The number of hydrogen-bond acceptors (Lipinski definition) is 4. The minimum atomic E-state index is -3.63. The number of amides is 1. The normalized spacial score (nSPS) is 21.1. The molecule has 1 aromatic rings. The molecule has 1 aliphatic heterocycles. The molecule has 0 radical (unpaired) electrons. The molecule has 138 valence electrons. The van der Waals surface area contributed by atoms with Crippen LogP contribution in [0.2, 0.25) is 5.02 Å². The quantitative estimate of drug-likeness (QED) is 0.746. The summed E-state index contributed by atoms with van der Waals surface area (Å²) in [6.45, 7) is 3.60. The van der Waals surface area contributed by atoms with E-state index in [0.29, 0.717) is 32.2 Å². The van der Waals surface area contributed by atoms with Gasteiger partial charge < -0.3 is 5.32 Å². The van der Waals surface area contributed by atoms with Gasteiger partial charge in [0.25, 0.3) is 0 Å². The predicted octanol–water partition coefficient (Wildman–Crippen LogP) is 2.08. The molecule has 1 saturated heterocycles. The lowest BCUT2D eigenvalue weighted by molar-refractivity contribution is -0.126. The molecule has 0 bridgehead atoms. The van der Waals surface area contributed by atoms with Crippen LogP contribution in [-0.4, -0.2) is 61.8 Å². The van der Waals surface area contributed by atoms with Crippen LogP contribution in [-0.2, 0) is 14.8 Å². The van der Waals surface area contributed by atoms with E-state index in [1.165, 1.54) is 10.4 Å². The van der Waals surface area contributed by atoms with E-state index < -0.39 is 10.0 Å². The van der Waals surface area contributed by atoms with Crippen molar-refractivity contribution >= 4 is 43.5 Å². The van der Waals surface area contributed by atoms with Gasteiger partial charge in [-0.3, -0.25) is 9.69 Å². The van der Waals surface area contributed by atoms with E-state index in [1.807, 2.05) is 11.8 Å². The van der Waals surface area contributed by atoms with Gasteiger partial charge in [0.15, 0.2) is 0 Å². The van der Waals surface area contributed by atoms with Crippen LogP contribution in [0.1, 0.15) is 19.8 Å². The van der Waals surface area contributed by atoms with Gasteiger partial charge in [0.1, 0.15) is 4.90 Å². The Morgan fingerprint density at radius 3 is 2.48 bits per heavy atom. The molecule has 2 fully saturated rings. The first kappa shape index (κ1) is 19.1. The first-order valence-electron chi connectivity index (χ1n) is 8.28. The average molecular weight is 451 g/mol. The van der Waals surface area contributed by atoms with Crippen LogP contribution in [0.15, 0.2) is 27.6 Å². The lowest BCUT2D eigenvalue weighted by Gasteiger charge is -2.36. The highest BCUT2D eigenvalue weighted by atomic mass is 79.9. The number of nitrogens with zero attached hydrogens (tertiary/aromatic N) is 2. The van der Waals surface area contributed by atoms with Crippen molar-refractivity contribution in [1.29, 1.82) is 0 Å². The maximum absolute atomic E-state index is 12.8. The number of piperazine rings is 1. The van der Waals surface area contributed by atoms with Gasteiger partial charge in [-0.25, -0.2) is 8.42 Å². The van der Waals surface area contributed by atoms with E-state index in [-0.39, 0.29) is 21.9 Å². The Morgan fingerprint density at radius 1 is 1.28 bits per heavy atom. The van der Waals surface area contributed by atoms with Crippen LogP contribution in [0, 0.1) is 0 Å². The number of benzene rings is 1. The molecule has 1 N–H and O–H groups in total. The molecule has 1 heterocycles. The molecule has 0 aromatic heterocycles. The van der Waals surface area contributed by atoms with Crippen LogP contribution in [0.25, 0.3) is 0 Å². The van der Waals surface area contributed by atoms with E-state index in [2.05, 4.69) is 21.2 Å². The van der Waals surface area contributed by atoms with Gasteiger partial charge in [0.2, 0.25) is 15.9 Å². The zero-order valence-electron chi connectivity index (χ0n) is 13.9. The van der Waals surface area contributed by atoms with Crippen molar-refractivity contribution < 1.29 is 13.2 Å². The van der Waals surface area contributed by atoms with E-state index in [0.717, 1.165) is 17.3 Å². The van der Waals surface area contributed by atoms with E-state index in [4.69, 9.17) is 11.6 Å². The number of halogens is 2. The van der Waals surface area contributed by atoms with Crippen LogP contribution in [0.4, 0.5) is 0 Å². The van der Waals surface area contributed by atoms with E-state index in [1.54, 1.807) is 12.1 Å². The third-order valence-electron chi connectivity index (χ3n) is 4.64. The van der Waals surface area contributed by atoms with Crippen LogP contribution in [0.3, 0.4) is 0 Å². The van der Waals surface area contributed by atoms with Crippen molar-refractivity contribution in [3.05, 3.63) is 27.7 Å². The van der Waals surface area contributed by atoms with Crippen molar-refractivity contribution in [2.24, 2.45) is 0 Å². The Morgan fingerprint density at radius 2 is 1.92 bits per heavy atom. The standard InChI is InChI=1S/C16H21BrClN3O3S/c1-11(16(22)19-13-3-4-13)20-6-8-21(9-7-20)25(23,24)15-5-2-12(17)10-14(15)18/h2,5,10-11,13H,3-4,6-9H2,1H3,(H,19,22). The lowest BCUT2D eigenvalue weighted by atomic mass is 10.2. The Bertz CT molecular complexity index is 762. The summed E-state index contributed by atoms with van der Waals surface area (Å²) in [6.07, 6.45) is 2.11. The molecule has 2 aliphatic rings. The highest BCUT2D eigenvalue weighted by Gasteiger charge is 2.34. The fourth-order valence-corrected chi connectivity index (χ4v) is 5.30. The number of carbonyl (C=O) groups excluding carboxylic acids is 1.